The number of ether oxygens (including phenoxy) is 6. The van der Waals surface area contributed by atoms with Gasteiger partial charge in [0.1, 0.15) is 17.2 Å². The quantitative estimate of drug-likeness (QED) is 0.0318. The first kappa shape index (κ1) is 64.1. The van der Waals surface area contributed by atoms with Crippen LogP contribution >= 0.6 is 0 Å². The zero-order valence-corrected chi connectivity index (χ0v) is 42.9. The number of carboxylic acids is 1. The van der Waals surface area contributed by atoms with Gasteiger partial charge in [0.25, 0.3) is 0 Å². The minimum Gasteiger partial charge on any atom is -0.481 e. The first-order chi connectivity index (χ1) is 32.4. The summed E-state index contributed by atoms with van der Waals surface area (Å²) in [6.45, 7) is 14.4. The molecule has 0 aliphatic rings. The van der Waals surface area contributed by atoms with Crippen LogP contribution in [0.2, 0.25) is 0 Å². The summed E-state index contributed by atoms with van der Waals surface area (Å²) in [7, 11) is 0. The van der Waals surface area contributed by atoms with Gasteiger partial charge in [0.15, 0.2) is 0 Å². The van der Waals surface area contributed by atoms with Gasteiger partial charge in [-0.2, -0.15) is 0 Å². The third kappa shape index (κ3) is 47.2. The van der Waals surface area contributed by atoms with Gasteiger partial charge in [-0.1, -0.05) is 77.0 Å². The molecule has 18 heteroatoms. The molecular formula is C50H92N4O14. The van der Waals surface area contributed by atoms with E-state index in [4.69, 9.17) is 33.5 Å². The third-order valence-corrected chi connectivity index (χ3v) is 10.1. The van der Waals surface area contributed by atoms with Crippen molar-refractivity contribution in [3.05, 3.63) is 0 Å². The van der Waals surface area contributed by atoms with Crippen molar-refractivity contribution >= 4 is 41.5 Å². The standard InChI is InChI=1S/C50H92N4O14/c1-49(2,3)67-47(61)25-20-18-16-14-12-10-8-7-9-11-13-15-17-19-24-45(58)54-41(48(62)68-50(4,5)6)23-21-22-30-51-43(56)28-33-63-37-40-66-36-32-53-44(57)29-34-64-38-39-65-35-31-52-42(55)26-27-46(59)60/h41H,7-40H2,1-6H3,(H,51,56)(H,52,55)(H,53,57)(H,54,58)(H,59,60)/t41-/m0/s1. The molecule has 0 unspecified atom stereocenters. The van der Waals surface area contributed by atoms with Crippen molar-refractivity contribution in [3.63, 3.8) is 0 Å². The molecule has 0 aliphatic heterocycles. The van der Waals surface area contributed by atoms with Crippen molar-refractivity contribution in [3.8, 4) is 0 Å². The van der Waals surface area contributed by atoms with Gasteiger partial charge in [-0.15, -0.1) is 0 Å². The second-order valence-electron chi connectivity index (χ2n) is 19.1. The van der Waals surface area contributed by atoms with Crippen molar-refractivity contribution in [2.75, 3.05) is 72.5 Å². The van der Waals surface area contributed by atoms with E-state index in [-0.39, 0.29) is 81.6 Å². The topological polar surface area (TPSA) is 243 Å². The molecule has 0 saturated heterocycles. The number of esters is 2. The molecule has 0 aliphatic carbocycles. The summed E-state index contributed by atoms with van der Waals surface area (Å²) < 4.78 is 32.6. The molecule has 0 bridgehead atoms. The van der Waals surface area contributed by atoms with Gasteiger partial charge < -0.3 is 54.8 Å². The molecule has 0 aromatic rings. The SMILES string of the molecule is CC(C)(C)OC(=O)CCCCCCCCCCCCCCCCC(=O)N[C@@H](CCCCNC(=O)CCOCCOCCNC(=O)CCOCCOCCNC(=O)CCC(=O)O)C(=O)OC(C)(C)C. The molecule has 396 valence electrons. The molecule has 5 N–H and O–H groups in total. The molecule has 0 radical (unpaired) electrons. The maximum absolute atomic E-state index is 12.9. The Hall–Kier alpha value is -3.87. The Labute approximate surface area is 407 Å². The summed E-state index contributed by atoms with van der Waals surface area (Å²) in [5, 5.41) is 19.6. The first-order valence-electron chi connectivity index (χ1n) is 25.4. The maximum Gasteiger partial charge on any atom is 0.329 e. The van der Waals surface area contributed by atoms with E-state index in [1.807, 2.05) is 20.8 Å². The summed E-state index contributed by atoms with van der Waals surface area (Å²) >= 11 is 0. The highest BCUT2D eigenvalue weighted by molar-refractivity contribution is 5.84. The Morgan fingerprint density at radius 3 is 1.24 bits per heavy atom. The monoisotopic (exact) mass is 973 g/mol. The van der Waals surface area contributed by atoms with E-state index in [0.717, 1.165) is 38.5 Å². The van der Waals surface area contributed by atoms with E-state index < -0.39 is 29.2 Å². The summed E-state index contributed by atoms with van der Waals surface area (Å²) in [4.78, 5) is 83.6. The number of carboxylic acid groups (broad SMARTS) is 1. The van der Waals surface area contributed by atoms with Crippen LogP contribution in [0, 0.1) is 0 Å². The largest absolute Gasteiger partial charge is 0.481 e. The van der Waals surface area contributed by atoms with E-state index in [1.165, 1.54) is 51.4 Å². The number of carbonyl (C=O) groups excluding carboxylic acids is 6. The Kier molecular flexibility index (Phi) is 39.7. The highest BCUT2D eigenvalue weighted by Gasteiger charge is 2.26. The van der Waals surface area contributed by atoms with Gasteiger partial charge in [-0.25, -0.2) is 4.79 Å². The minimum absolute atomic E-state index is 0.0737. The van der Waals surface area contributed by atoms with E-state index in [9.17, 15) is 33.6 Å². The van der Waals surface area contributed by atoms with E-state index in [2.05, 4.69) is 21.3 Å². The van der Waals surface area contributed by atoms with Crippen LogP contribution < -0.4 is 21.3 Å². The van der Waals surface area contributed by atoms with Gasteiger partial charge in [-0.05, 0) is 73.6 Å². The minimum atomic E-state index is -1.02. The van der Waals surface area contributed by atoms with Crippen LogP contribution in [0.3, 0.4) is 0 Å². The van der Waals surface area contributed by atoms with Crippen molar-refractivity contribution in [2.24, 2.45) is 0 Å². The average Bonchev–Trinajstić information content (AvgIpc) is 3.25. The molecule has 0 rings (SSSR count). The smallest absolute Gasteiger partial charge is 0.329 e. The lowest BCUT2D eigenvalue weighted by molar-refractivity contribution is -0.159. The van der Waals surface area contributed by atoms with Gasteiger partial charge in [0, 0.05) is 51.7 Å². The molecule has 0 fully saturated rings. The average molecular weight is 973 g/mol. The number of hydrogen-bond donors (Lipinski definition) is 5. The molecule has 0 aromatic heterocycles. The van der Waals surface area contributed by atoms with Crippen molar-refractivity contribution in [2.45, 2.75) is 206 Å². The van der Waals surface area contributed by atoms with E-state index in [1.54, 1.807) is 20.8 Å². The molecule has 4 amide bonds. The number of amides is 4. The van der Waals surface area contributed by atoms with Crippen LogP contribution in [0.5, 0.6) is 0 Å². The van der Waals surface area contributed by atoms with Crippen molar-refractivity contribution in [1.82, 2.24) is 21.3 Å². The molecule has 0 aromatic carbocycles. The fraction of sp³-hybridized carbons (Fsp3) is 0.860. The maximum atomic E-state index is 12.9. The number of nitrogens with one attached hydrogen (secondary N) is 4. The van der Waals surface area contributed by atoms with Crippen molar-refractivity contribution in [1.29, 1.82) is 0 Å². The predicted molar refractivity (Wildman–Crippen MR) is 260 cm³/mol. The summed E-state index contributed by atoms with van der Waals surface area (Å²) in [5.74, 6) is -2.39. The fourth-order valence-corrected chi connectivity index (χ4v) is 6.64. The molecule has 18 nitrogen and oxygen atoms in total. The zero-order valence-electron chi connectivity index (χ0n) is 42.9. The predicted octanol–water partition coefficient (Wildman–Crippen LogP) is 6.63. The van der Waals surface area contributed by atoms with Gasteiger partial charge in [-0.3, -0.25) is 28.8 Å². The Balaban J connectivity index is 3.89. The first-order valence-corrected chi connectivity index (χ1v) is 25.4. The molecule has 0 spiro atoms. The normalized spacial score (nSPS) is 12.0. The number of aliphatic carboxylic acids is 1. The third-order valence-electron chi connectivity index (χ3n) is 10.1. The molecule has 0 saturated carbocycles. The Morgan fingerprint density at radius 1 is 0.397 bits per heavy atom. The van der Waals surface area contributed by atoms with Crippen LogP contribution in [-0.2, 0) is 62.0 Å². The fourth-order valence-electron chi connectivity index (χ4n) is 6.64. The summed E-state index contributed by atoms with van der Waals surface area (Å²) in [6.07, 6.45) is 18.5. The zero-order chi connectivity index (χ0) is 50.7. The molecule has 0 heterocycles. The lowest BCUT2D eigenvalue weighted by atomic mass is 10.0. The van der Waals surface area contributed by atoms with Crippen LogP contribution in [0.25, 0.3) is 0 Å². The molecular weight excluding hydrogens is 881 g/mol. The second-order valence-corrected chi connectivity index (χ2v) is 19.1. The number of carbonyl (C=O) groups is 7. The van der Waals surface area contributed by atoms with Crippen LogP contribution in [0.15, 0.2) is 0 Å². The number of hydrogen-bond acceptors (Lipinski definition) is 13. The summed E-state index contributed by atoms with van der Waals surface area (Å²) in [5.41, 5.74) is -1.08. The van der Waals surface area contributed by atoms with Crippen molar-refractivity contribution < 1.29 is 67.1 Å². The van der Waals surface area contributed by atoms with Gasteiger partial charge in [0.2, 0.25) is 23.6 Å². The number of rotatable bonds is 45. The lowest BCUT2D eigenvalue weighted by Gasteiger charge is -2.24. The van der Waals surface area contributed by atoms with Gasteiger partial charge in [0.05, 0.1) is 59.3 Å². The highest BCUT2D eigenvalue weighted by Crippen LogP contribution is 2.16. The Bertz CT molecular complexity index is 1370. The highest BCUT2D eigenvalue weighted by atomic mass is 16.6. The van der Waals surface area contributed by atoms with Crippen LogP contribution in [0.4, 0.5) is 0 Å². The van der Waals surface area contributed by atoms with Crippen LogP contribution in [0.1, 0.15) is 189 Å². The molecule has 1 atom stereocenters. The molecule has 68 heavy (non-hydrogen) atoms. The lowest BCUT2D eigenvalue weighted by Crippen LogP contribution is -2.44. The van der Waals surface area contributed by atoms with E-state index in [0.29, 0.717) is 78.2 Å². The van der Waals surface area contributed by atoms with Crippen LogP contribution in [-0.4, -0.2) is 136 Å². The summed E-state index contributed by atoms with van der Waals surface area (Å²) in [6, 6.07) is -0.743. The van der Waals surface area contributed by atoms with Gasteiger partial charge >= 0.3 is 17.9 Å². The number of unbranched alkanes of at least 4 members (excludes halogenated alkanes) is 14. The second kappa shape index (κ2) is 42.0. The Morgan fingerprint density at radius 2 is 0.794 bits per heavy atom. The van der Waals surface area contributed by atoms with E-state index >= 15 is 0 Å².